The van der Waals surface area contributed by atoms with E-state index >= 15 is 0 Å². The van der Waals surface area contributed by atoms with Crippen molar-refractivity contribution < 1.29 is 14.6 Å². The van der Waals surface area contributed by atoms with Gasteiger partial charge >= 0.3 is 5.97 Å². The third-order valence-corrected chi connectivity index (χ3v) is 2.74. The van der Waals surface area contributed by atoms with Crippen molar-refractivity contribution in [2.24, 2.45) is 7.05 Å². The van der Waals surface area contributed by atoms with Crippen LogP contribution in [0.3, 0.4) is 0 Å². The van der Waals surface area contributed by atoms with Gasteiger partial charge in [-0.25, -0.2) is 4.79 Å². The second-order valence-electron chi connectivity index (χ2n) is 2.94. The zero-order valence-electron chi connectivity index (χ0n) is 8.71. The number of ether oxygens (including phenoxy) is 1. The van der Waals surface area contributed by atoms with Crippen molar-refractivity contribution in [2.45, 2.75) is 17.9 Å². The fraction of sp³-hybridized carbons (Fsp3) is 0.556. The summed E-state index contributed by atoms with van der Waals surface area (Å²) < 4.78 is 6.76. The van der Waals surface area contributed by atoms with Crippen LogP contribution < -0.4 is 0 Å². The largest absolute Gasteiger partial charge is 0.479 e. The highest BCUT2D eigenvalue weighted by Gasteiger charge is 2.17. The number of hydrogen-bond acceptors (Lipinski definition) is 4. The van der Waals surface area contributed by atoms with Gasteiger partial charge in [0, 0.05) is 30.5 Å². The Morgan fingerprint density at radius 2 is 2.53 bits per heavy atom. The summed E-state index contributed by atoms with van der Waals surface area (Å²) in [7, 11) is 1.82. The van der Waals surface area contributed by atoms with Crippen molar-refractivity contribution in [3.63, 3.8) is 0 Å². The second kappa shape index (κ2) is 5.77. The Balaban J connectivity index is 2.43. The van der Waals surface area contributed by atoms with Crippen LogP contribution in [0.4, 0.5) is 0 Å². The number of thioether (sulfide) groups is 1. The molecule has 0 saturated heterocycles. The lowest BCUT2D eigenvalue weighted by Gasteiger charge is -2.10. The molecule has 1 atom stereocenters. The van der Waals surface area contributed by atoms with Gasteiger partial charge in [-0.2, -0.15) is 5.10 Å². The molecule has 15 heavy (non-hydrogen) atoms. The highest BCUT2D eigenvalue weighted by Crippen LogP contribution is 2.18. The monoisotopic (exact) mass is 230 g/mol. The zero-order chi connectivity index (χ0) is 11.3. The molecule has 1 unspecified atom stereocenters. The van der Waals surface area contributed by atoms with E-state index in [9.17, 15) is 4.79 Å². The lowest BCUT2D eigenvalue weighted by Crippen LogP contribution is -2.26. The Morgan fingerprint density at radius 1 is 1.80 bits per heavy atom. The van der Waals surface area contributed by atoms with Gasteiger partial charge in [0.15, 0.2) is 6.10 Å². The normalized spacial score (nSPS) is 12.7. The van der Waals surface area contributed by atoms with E-state index in [1.54, 1.807) is 17.8 Å². The number of rotatable bonds is 6. The molecular formula is C9H14N2O3S. The Bertz CT molecular complexity index is 327. The standard InChI is InChI=1S/C9H14N2O3S/c1-3-14-8(9(12)13)6-15-7-4-10-11(2)5-7/h4-5,8H,3,6H2,1-2H3,(H,12,13). The number of nitrogens with zero attached hydrogens (tertiary/aromatic N) is 2. The molecule has 1 aromatic heterocycles. The van der Waals surface area contributed by atoms with Crippen molar-refractivity contribution in [1.29, 1.82) is 0 Å². The van der Waals surface area contributed by atoms with Crippen LogP contribution in [-0.2, 0) is 16.6 Å². The number of carboxylic acids is 1. The smallest absolute Gasteiger partial charge is 0.333 e. The third-order valence-electron chi connectivity index (χ3n) is 1.73. The highest BCUT2D eigenvalue weighted by atomic mass is 32.2. The quantitative estimate of drug-likeness (QED) is 0.739. The topological polar surface area (TPSA) is 64.4 Å². The molecule has 84 valence electrons. The summed E-state index contributed by atoms with van der Waals surface area (Å²) in [6.07, 6.45) is 2.80. The average molecular weight is 230 g/mol. The summed E-state index contributed by atoms with van der Waals surface area (Å²) in [6, 6.07) is 0. The van der Waals surface area contributed by atoms with Gasteiger partial charge in [0.2, 0.25) is 0 Å². The molecule has 0 spiro atoms. The minimum Gasteiger partial charge on any atom is -0.479 e. The molecule has 1 heterocycles. The molecule has 1 rings (SSSR count). The van der Waals surface area contributed by atoms with Crippen LogP contribution in [0.25, 0.3) is 0 Å². The van der Waals surface area contributed by atoms with Crippen molar-refractivity contribution >= 4 is 17.7 Å². The lowest BCUT2D eigenvalue weighted by atomic mass is 10.4. The molecule has 5 nitrogen and oxygen atoms in total. The molecule has 0 aliphatic heterocycles. The number of aliphatic carboxylic acids is 1. The molecule has 0 fully saturated rings. The molecule has 0 aromatic carbocycles. The van der Waals surface area contributed by atoms with Crippen LogP contribution in [0.5, 0.6) is 0 Å². The number of carbonyl (C=O) groups is 1. The first-order valence-electron chi connectivity index (χ1n) is 4.59. The van der Waals surface area contributed by atoms with Crippen LogP contribution in [0.1, 0.15) is 6.92 Å². The Labute approximate surface area is 92.4 Å². The van der Waals surface area contributed by atoms with Gasteiger partial charge in [0.05, 0.1) is 6.20 Å². The molecule has 0 saturated carbocycles. The van der Waals surface area contributed by atoms with Gasteiger partial charge in [-0.15, -0.1) is 11.8 Å². The molecule has 6 heteroatoms. The predicted octanol–water partition coefficient (Wildman–Crippen LogP) is 1.00. The van der Waals surface area contributed by atoms with E-state index in [0.29, 0.717) is 12.4 Å². The number of hydrogen-bond donors (Lipinski definition) is 1. The lowest BCUT2D eigenvalue weighted by molar-refractivity contribution is -0.148. The van der Waals surface area contributed by atoms with Crippen molar-refractivity contribution in [1.82, 2.24) is 9.78 Å². The van der Waals surface area contributed by atoms with E-state index in [2.05, 4.69) is 5.10 Å². The average Bonchev–Trinajstić information content (AvgIpc) is 2.58. The molecule has 0 radical (unpaired) electrons. The summed E-state index contributed by atoms with van der Waals surface area (Å²) in [5.41, 5.74) is 0. The van der Waals surface area contributed by atoms with Crippen LogP contribution >= 0.6 is 11.8 Å². The number of aryl methyl sites for hydroxylation is 1. The summed E-state index contributed by atoms with van der Waals surface area (Å²) in [5.74, 6) is -0.525. The summed E-state index contributed by atoms with van der Waals surface area (Å²) in [5, 5.41) is 12.8. The zero-order valence-corrected chi connectivity index (χ0v) is 9.53. The van der Waals surface area contributed by atoms with Crippen LogP contribution in [0.15, 0.2) is 17.3 Å². The predicted molar refractivity (Wildman–Crippen MR) is 57.0 cm³/mol. The van der Waals surface area contributed by atoms with E-state index in [1.807, 2.05) is 13.2 Å². The van der Waals surface area contributed by atoms with Crippen LogP contribution in [0, 0.1) is 0 Å². The van der Waals surface area contributed by atoms with Crippen LogP contribution in [0.2, 0.25) is 0 Å². The molecule has 0 aliphatic carbocycles. The first kappa shape index (κ1) is 12.1. The number of carboxylic acid groups (broad SMARTS) is 1. The molecule has 1 N–H and O–H groups in total. The van der Waals surface area contributed by atoms with Gasteiger partial charge < -0.3 is 9.84 Å². The second-order valence-corrected chi connectivity index (χ2v) is 4.04. The van der Waals surface area contributed by atoms with E-state index in [4.69, 9.17) is 9.84 Å². The Morgan fingerprint density at radius 3 is 3.00 bits per heavy atom. The molecule has 1 aromatic rings. The summed E-state index contributed by atoms with van der Waals surface area (Å²) in [4.78, 5) is 11.7. The summed E-state index contributed by atoms with van der Waals surface area (Å²) >= 11 is 1.43. The van der Waals surface area contributed by atoms with Gasteiger partial charge in [0.25, 0.3) is 0 Å². The fourth-order valence-corrected chi connectivity index (χ4v) is 1.97. The molecular weight excluding hydrogens is 216 g/mol. The maximum atomic E-state index is 10.8. The molecule has 0 bridgehead atoms. The van der Waals surface area contributed by atoms with Crippen LogP contribution in [-0.4, -0.2) is 39.3 Å². The van der Waals surface area contributed by atoms with E-state index in [1.165, 1.54) is 11.8 Å². The van der Waals surface area contributed by atoms with E-state index in [-0.39, 0.29) is 0 Å². The molecule has 0 amide bonds. The SMILES string of the molecule is CCOC(CSc1cnn(C)c1)C(=O)O. The first-order chi connectivity index (χ1) is 7.13. The van der Waals surface area contributed by atoms with E-state index < -0.39 is 12.1 Å². The van der Waals surface area contributed by atoms with Gasteiger partial charge in [-0.3, -0.25) is 4.68 Å². The fourth-order valence-electron chi connectivity index (χ4n) is 1.04. The Kier molecular flexibility index (Phi) is 4.64. The van der Waals surface area contributed by atoms with Gasteiger partial charge in [0.1, 0.15) is 0 Å². The molecule has 0 aliphatic rings. The van der Waals surface area contributed by atoms with Crippen molar-refractivity contribution in [3.05, 3.63) is 12.4 Å². The maximum Gasteiger partial charge on any atom is 0.333 e. The van der Waals surface area contributed by atoms with Crippen molar-refractivity contribution in [2.75, 3.05) is 12.4 Å². The highest BCUT2D eigenvalue weighted by molar-refractivity contribution is 7.99. The minimum absolute atomic E-state index is 0.398. The van der Waals surface area contributed by atoms with Crippen molar-refractivity contribution in [3.8, 4) is 0 Å². The third kappa shape index (κ3) is 3.93. The first-order valence-corrected chi connectivity index (χ1v) is 5.58. The minimum atomic E-state index is -0.923. The van der Waals surface area contributed by atoms with E-state index in [0.717, 1.165) is 4.90 Å². The maximum absolute atomic E-state index is 10.8. The Hall–Kier alpha value is -1.01. The number of aromatic nitrogens is 2. The van der Waals surface area contributed by atoms with Gasteiger partial charge in [-0.05, 0) is 6.92 Å². The summed E-state index contributed by atoms with van der Waals surface area (Å²) in [6.45, 7) is 2.19. The van der Waals surface area contributed by atoms with Gasteiger partial charge in [-0.1, -0.05) is 0 Å².